The van der Waals surface area contributed by atoms with E-state index in [0.717, 1.165) is 12.1 Å². The Hall–Kier alpha value is -2.52. The lowest BCUT2D eigenvalue weighted by atomic mass is 9.74. The Kier molecular flexibility index (Phi) is 6.10. The summed E-state index contributed by atoms with van der Waals surface area (Å²) in [4.78, 5) is 0. The molecule has 0 aliphatic heterocycles. The van der Waals surface area contributed by atoms with Crippen molar-refractivity contribution in [3.05, 3.63) is 53.8 Å². The number of nitrogen functional groups attached to an aromatic ring is 2. The fourth-order valence-electron chi connectivity index (χ4n) is 3.17. The third-order valence-corrected chi connectivity index (χ3v) is 4.62. The maximum atomic E-state index is 13.8. The van der Waals surface area contributed by atoms with E-state index in [4.69, 9.17) is 11.6 Å². The first-order valence-electron chi connectivity index (χ1n) is 8.53. The first-order valence-corrected chi connectivity index (χ1v) is 8.53. The summed E-state index contributed by atoms with van der Waals surface area (Å²) in [6, 6.07) is 9.81. The number of nitrogens with two attached hydrogens (primary N) is 2. The fraction of sp³-hybridized carbons (Fsp3) is 0.368. The van der Waals surface area contributed by atoms with E-state index >= 15 is 0 Å². The first-order chi connectivity index (χ1) is 12.9. The van der Waals surface area contributed by atoms with Gasteiger partial charge in [-0.25, -0.2) is 4.39 Å². The van der Waals surface area contributed by atoms with Crippen LogP contribution in [0.2, 0.25) is 0 Å². The predicted octanol–water partition coefficient (Wildman–Crippen LogP) is 3.77. The molecule has 28 heavy (non-hydrogen) atoms. The molecule has 0 heterocycles. The van der Waals surface area contributed by atoms with E-state index < -0.39 is 36.0 Å². The molecule has 154 valence electrons. The number of hydrogen-bond acceptors (Lipinski definition) is 5. The van der Waals surface area contributed by atoms with E-state index in [2.05, 4.69) is 10.7 Å². The second kappa shape index (κ2) is 7.84. The molecule has 7 N–H and O–H groups in total. The maximum Gasteiger partial charge on any atom is 0.418 e. The number of benzene rings is 2. The second-order valence-corrected chi connectivity index (χ2v) is 7.40. The summed E-state index contributed by atoms with van der Waals surface area (Å²) in [6.45, 7) is 2.16. The Morgan fingerprint density at radius 2 is 1.68 bits per heavy atom. The summed E-state index contributed by atoms with van der Waals surface area (Å²) in [7, 11) is 0. The van der Waals surface area contributed by atoms with Crippen LogP contribution in [0.25, 0.3) is 0 Å². The summed E-state index contributed by atoms with van der Waals surface area (Å²) in [6.07, 6.45) is -5.65. The highest BCUT2D eigenvalue weighted by molar-refractivity contribution is 5.56. The van der Waals surface area contributed by atoms with Crippen molar-refractivity contribution in [2.75, 3.05) is 23.0 Å². The minimum absolute atomic E-state index is 0.158. The zero-order valence-corrected chi connectivity index (χ0v) is 15.6. The summed E-state index contributed by atoms with van der Waals surface area (Å²) >= 11 is 0. The molecule has 0 saturated carbocycles. The Balaban J connectivity index is 2.30. The van der Waals surface area contributed by atoms with Crippen LogP contribution in [0.15, 0.2) is 42.5 Å². The van der Waals surface area contributed by atoms with E-state index in [1.165, 1.54) is 26.0 Å². The van der Waals surface area contributed by atoms with Crippen LogP contribution in [-0.4, -0.2) is 23.4 Å². The standard InChI is InChI=1S/C19H24F4N4O/c1-17(2,15-8-12(20)6-7-16(15)24)10-18(28,19(21,22)23)11-26-13-4-3-5-14(9-13)27-25/h3-9,26-28H,10-11,24-25H2,1-2H3. The molecule has 0 bridgehead atoms. The van der Waals surface area contributed by atoms with Gasteiger partial charge in [-0.1, -0.05) is 19.9 Å². The van der Waals surface area contributed by atoms with Gasteiger partial charge in [-0.3, -0.25) is 5.84 Å². The zero-order valence-electron chi connectivity index (χ0n) is 15.6. The van der Waals surface area contributed by atoms with Crippen LogP contribution in [0.5, 0.6) is 0 Å². The van der Waals surface area contributed by atoms with Gasteiger partial charge in [0.1, 0.15) is 5.82 Å². The monoisotopic (exact) mass is 400 g/mol. The molecule has 0 fully saturated rings. The molecule has 0 amide bonds. The third-order valence-electron chi connectivity index (χ3n) is 4.62. The van der Waals surface area contributed by atoms with Crippen molar-refractivity contribution in [2.24, 2.45) is 5.84 Å². The van der Waals surface area contributed by atoms with E-state index in [1.54, 1.807) is 18.2 Å². The number of aliphatic hydroxyl groups is 1. The molecule has 1 atom stereocenters. The van der Waals surface area contributed by atoms with Gasteiger partial charge >= 0.3 is 6.18 Å². The normalized spacial score (nSPS) is 14.4. The van der Waals surface area contributed by atoms with E-state index in [9.17, 15) is 22.7 Å². The minimum atomic E-state index is -4.93. The molecule has 2 rings (SSSR count). The summed E-state index contributed by atoms with van der Waals surface area (Å²) in [5, 5.41) is 13.1. The Bertz CT molecular complexity index is 826. The number of alkyl halides is 3. The highest BCUT2D eigenvalue weighted by Crippen LogP contribution is 2.42. The average Bonchev–Trinajstić information content (AvgIpc) is 2.61. The van der Waals surface area contributed by atoms with Gasteiger partial charge in [0.15, 0.2) is 5.60 Å². The van der Waals surface area contributed by atoms with Crippen molar-refractivity contribution in [1.29, 1.82) is 0 Å². The maximum absolute atomic E-state index is 13.8. The zero-order chi connectivity index (χ0) is 21.2. The van der Waals surface area contributed by atoms with Gasteiger partial charge in [0.25, 0.3) is 0 Å². The topological polar surface area (TPSA) is 96.3 Å². The molecule has 0 radical (unpaired) electrons. The van der Waals surface area contributed by atoms with Gasteiger partial charge in [-0.2, -0.15) is 13.2 Å². The van der Waals surface area contributed by atoms with Crippen molar-refractivity contribution in [1.82, 2.24) is 0 Å². The van der Waals surface area contributed by atoms with Crippen molar-refractivity contribution in [3.63, 3.8) is 0 Å². The molecule has 0 aromatic heterocycles. The molecular weight excluding hydrogens is 376 g/mol. The van der Waals surface area contributed by atoms with Crippen LogP contribution in [0.1, 0.15) is 25.8 Å². The number of hydrazine groups is 1. The van der Waals surface area contributed by atoms with Crippen LogP contribution in [0, 0.1) is 5.82 Å². The Morgan fingerprint density at radius 3 is 2.29 bits per heavy atom. The molecule has 9 heteroatoms. The second-order valence-electron chi connectivity index (χ2n) is 7.40. The molecule has 0 aliphatic carbocycles. The summed E-state index contributed by atoms with van der Waals surface area (Å²) in [5.74, 6) is 4.68. The average molecular weight is 400 g/mol. The SMILES string of the molecule is CC(C)(CC(O)(CNc1cccc(NN)c1)C(F)(F)F)c1cc(F)ccc1N. The lowest BCUT2D eigenvalue weighted by Crippen LogP contribution is -2.53. The van der Waals surface area contributed by atoms with Crippen LogP contribution >= 0.6 is 0 Å². The lowest BCUT2D eigenvalue weighted by Gasteiger charge is -2.38. The number of nitrogens with one attached hydrogen (secondary N) is 2. The Morgan fingerprint density at radius 1 is 1.04 bits per heavy atom. The van der Waals surface area contributed by atoms with Crippen LogP contribution in [-0.2, 0) is 5.41 Å². The predicted molar refractivity (Wildman–Crippen MR) is 102 cm³/mol. The number of rotatable bonds is 7. The van der Waals surface area contributed by atoms with Gasteiger partial charge in [-0.15, -0.1) is 0 Å². The lowest BCUT2D eigenvalue weighted by molar-refractivity contribution is -0.260. The van der Waals surface area contributed by atoms with E-state index in [0.29, 0.717) is 11.4 Å². The highest BCUT2D eigenvalue weighted by atomic mass is 19.4. The van der Waals surface area contributed by atoms with Gasteiger partial charge in [-0.05, 0) is 53.8 Å². The van der Waals surface area contributed by atoms with Gasteiger partial charge in [0.2, 0.25) is 0 Å². The smallest absolute Gasteiger partial charge is 0.398 e. The number of hydrogen-bond donors (Lipinski definition) is 5. The molecule has 0 spiro atoms. The van der Waals surface area contributed by atoms with Crippen molar-refractivity contribution in [3.8, 4) is 0 Å². The minimum Gasteiger partial charge on any atom is -0.398 e. The third kappa shape index (κ3) is 4.85. The molecule has 2 aromatic carbocycles. The highest BCUT2D eigenvalue weighted by Gasteiger charge is 2.56. The number of anilines is 3. The van der Waals surface area contributed by atoms with E-state index in [-0.39, 0.29) is 11.3 Å². The fourth-order valence-corrected chi connectivity index (χ4v) is 3.17. The largest absolute Gasteiger partial charge is 0.418 e. The molecule has 0 aliphatic rings. The van der Waals surface area contributed by atoms with Crippen LogP contribution in [0.3, 0.4) is 0 Å². The molecule has 1 unspecified atom stereocenters. The molecule has 0 saturated heterocycles. The van der Waals surface area contributed by atoms with E-state index in [1.807, 2.05) is 0 Å². The Labute approximate surface area is 160 Å². The van der Waals surface area contributed by atoms with Crippen molar-refractivity contribution < 1.29 is 22.7 Å². The molecule has 5 nitrogen and oxygen atoms in total. The van der Waals surface area contributed by atoms with Crippen LogP contribution < -0.4 is 22.3 Å². The summed E-state index contributed by atoms with van der Waals surface area (Å²) in [5.41, 5.74) is 5.09. The van der Waals surface area contributed by atoms with Gasteiger partial charge < -0.3 is 21.6 Å². The van der Waals surface area contributed by atoms with Crippen molar-refractivity contribution >= 4 is 17.1 Å². The molecule has 2 aromatic rings. The van der Waals surface area contributed by atoms with Gasteiger partial charge in [0.05, 0.1) is 12.2 Å². The van der Waals surface area contributed by atoms with Gasteiger partial charge in [0, 0.05) is 11.4 Å². The molecular formula is C19H24F4N4O. The first kappa shape index (κ1) is 21.8. The summed E-state index contributed by atoms with van der Waals surface area (Å²) < 4.78 is 54.9. The van der Waals surface area contributed by atoms with Crippen molar-refractivity contribution in [2.45, 2.75) is 37.5 Å². The quantitative estimate of drug-likeness (QED) is 0.211. The van der Waals surface area contributed by atoms with Crippen LogP contribution in [0.4, 0.5) is 34.6 Å². The number of halogens is 4.